The van der Waals surface area contributed by atoms with Gasteiger partial charge in [-0.25, -0.2) is 10.2 Å². The molecule has 0 aliphatic carbocycles. The molecule has 0 radical (unpaired) electrons. The van der Waals surface area contributed by atoms with E-state index in [1.807, 2.05) is 11.0 Å². The van der Waals surface area contributed by atoms with Gasteiger partial charge in [0.05, 0.1) is 5.56 Å². The van der Waals surface area contributed by atoms with Gasteiger partial charge in [-0.1, -0.05) is 12.1 Å². The van der Waals surface area contributed by atoms with Gasteiger partial charge >= 0.3 is 5.97 Å². The number of carbonyl (C=O) groups excluding carboxylic acids is 1. The van der Waals surface area contributed by atoms with E-state index < -0.39 is 5.97 Å². The molecular formula is C18H25N3O3. The third-order valence-corrected chi connectivity index (χ3v) is 5.02. The molecule has 2 saturated heterocycles. The highest BCUT2D eigenvalue weighted by atomic mass is 16.4. The highest BCUT2D eigenvalue weighted by molar-refractivity contribution is 5.87. The van der Waals surface area contributed by atoms with Gasteiger partial charge in [-0.2, -0.15) is 0 Å². The summed E-state index contributed by atoms with van der Waals surface area (Å²) in [5, 5.41) is 9.08. The molecule has 0 spiro atoms. The van der Waals surface area contributed by atoms with Crippen LogP contribution in [0.2, 0.25) is 0 Å². The van der Waals surface area contributed by atoms with Crippen LogP contribution in [0.4, 0.5) is 0 Å². The lowest BCUT2D eigenvalue weighted by molar-refractivity contribution is -0.134. The Morgan fingerprint density at radius 3 is 2.62 bits per heavy atom. The van der Waals surface area contributed by atoms with Crippen molar-refractivity contribution in [3.63, 3.8) is 0 Å². The van der Waals surface area contributed by atoms with Crippen molar-refractivity contribution in [1.29, 1.82) is 0 Å². The summed E-state index contributed by atoms with van der Waals surface area (Å²) >= 11 is 0. The highest BCUT2D eigenvalue weighted by Crippen LogP contribution is 2.23. The maximum Gasteiger partial charge on any atom is 0.335 e. The molecule has 2 aliphatic heterocycles. The van der Waals surface area contributed by atoms with Crippen LogP contribution in [0.3, 0.4) is 0 Å². The van der Waals surface area contributed by atoms with Crippen LogP contribution in [0.25, 0.3) is 0 Å². The van der Waals surface area contributed by atoms with Crippen LogP contribution in [0, 0.1) is 5.92 Å². The second-order valence-corrected chi connectivity index (χ2v) is 6.96. The molecule has 0 saturated carbocycles. The Labute approximate surface area is 142 Å². The van der Waals surface area contributed by atoms with Crippen molar-refractivity contribution < 1.29 is 14.7 Å². The average Bonchev–Trinajstić information content (AvgIpc) is 3.01. The van der Waals surface area contributed by atoms with Crippen molar-refractivity contribution in [2.24, 2.45) is 5.92 Å². The number of amides is 1. The highest BCUT2D eigenvalue weighted by Gasteiger charge is 2.32. The Bertz CT molecular complexity index is 611. The minimum absolute atomic E-state index is 0.108. The van der Waals surface area contributed by atoms with Crippen LogP contribution in [-0.4, -0.2) is 47.1 Å². The molecule has 2 fully saturated rings. The number of carboxylic acid groups (broad SMARTS) is 1. The maximum atomic E-state index is 12.5. The van der Waals surface area contributed by atoms with Crippen molar-refractivity contribution in [2.45, 2.75) is 44.7 Å². The van der Waals surface area contributed by atoms with Crippen molar-refractivity contribution in [2.75, 3.05) is 13.1 Å². The molecule has 2 unspecified atom stereocenters. The lowest BCUT2D eigenvalue weighted by Crippen LogP contribution is -2.48. The molecule has 130 valence electrons. The fourth-order valence-corrected chi connectivity index (χ4v) is 3.62. The minimum Gasteiger partial charge on any atom is -0.478 e. The number of piperidine rings is 1. The lowest BCUT2D eigenvalue weighted by atomic mass is 9.89. The van der Waals surface area contributed by atoms with E-state index in [9.17, 15) is 9.59 Å². The zero-order valence-corrected chi connectivity index (χ0v) is 14.0. The first-order chi connectivity index (χ1) is 11.5. The lowest BCUT2D eigenvalue weighted by Gasteiger charge is -2.33. The molecule has 2 aliphatic rings. The third kappa shape index (κ3) is 3.94. The predicted molar refractivity (Wildman–Crippen MR) is 90.5 cm³/mol. The molecule has 3 rings (SSSR count). The zero-order chi connectivity index (χ0) is 17.1. The van der Waals surface area contributed by atoms with Gasteiger partial charge in [0.2, 0.25) is 5.91 Å². The number of likely N-dealkylation sites (tertiary alicyclic amines) is 1. The van der Waals surface area contributed by atoms with Crippen LogP contribution in [-0.2, 0) is 11.2 Å². The SMILES string of the molecule is CC1CC(C(=O)N2CCC(Cc3cccc(C(=O)O)c3)CC2)NN1. The summed E-state index contributed by atoms with van der Waals surface area (Å²) in [5.41, 5.74) is 7.58. The van der Waals surface area contributed by atoms with E-state index in [-0.39, 0.29) is 11.9 Å². The monoisotopic (exact) mass is 331 g/mol. The first-order valence-corrected chi connectivity index (χ1v) is 8.65. The molecule has 0 aromatic heterocycles. The normalized spacial score (nSPS) is 25.0. The molecule has 2 heterocycles. The molecule has 6 heteroatoms. The van der Waals surface area contributed by atoms with E-state index in [2.05, 4.69) is 17.8 Å². The van der Waals surface area contributed by atoms with Gasteiger partial charge in [0.15, 0.2) is 0 Å². The number of carbonyl (C=O) groups is 2. The Morgan fingerprint density at radius 2 is 2.00 bits per heavy atom. The van der Waals surface area contributed by atoms with Gasteiger partial charge < -0.3 is 10.0 Å². The summed E-state index contributed by atoms with van der Waals surface area (Å²) in [6.07, 6.45) is 3.65. The smallest absolute Gasteiger partial charge is 0.335 e. The van der Waals surface area contributed by atoms with E-state index in [0.29, 0.717) is 17.5 Å². The number of rotatable bonds is 4. The van der Waals surface area contributed by atoms with E-state index in [0.717, 1.165) is 44.3 Å². The standard InChI is InChI=1S/C18H25N3O3/c1-12-9-16(20-19-12)17(22)21-7-5-13(6-8-21)10-14-3-2-4-15(11-14)18(23)24/h2-4,11-13,16,19-20H,5-10H2,1H3,(H,23,24). The van der Waals surface area contributed by atoms with Crippen LogP contribution in [0.15, 0.2) is 24.3 Å². The average molecular weight is 331 g/mol. The molecular weight excluding hydrogens is 306 g/mol. The summed E-state index contributed by atoms with van der Waals surface area (Å²) in [7, 11) is 0. The van der Waals surface area contributed by atoms with Crippen LogP contribution in [0.1, 0.15) is 42.1 Å². The molecule has 1 aromatic rings. The predicted octanol–water partition coefficient (Wildman–Crippen LogP) is 1.42. The minimum atomic E-state index is -0.885. The van der Waals surface area contributed by atoms with E-state index >= 15 is 0 Å². The maximum absolute atomic E-state index is 12.5. The number of benzene rings is 1. The third-order valence-electron chi connectivity index (χ3n) is 5.02. The Morgan fingerprint density at radius 1 is 1.25 bits per heavy atom. The molecule has 0 bridgehead atoms. The Balaban J connectivity index is 1.51. The number of hydrogen-bond donors (Lipinski definition) is 3. The zero-order valence-electron chi connectivity index (χ0n) is 14.0. The number of hydrazine groups is 1. The molecule has 2 atom stereocenters. The number of aromatic carboxylic acids is 1. The second kappa shape index (κ2) is 7.32. The molecule has 6 nitrogen and oxygen atoms in total. The van der Waals surface area contributed by atoms with E-state index in [4.69, 9.17) is 5.11 Å². The number of hydrogen-bond acceptors (Lipinski definition) is 4. The molecule has 1 aromatic carbocycles. The molecule has 1 amide bonds. The Hall–Kier alpha value is -1.92. The van der Waals surface area contributed by atoms with Crippen molar-refractivity contribution in [1.82, 2.24) is 15.8 Å². The van der Waals surface area contributed by atoms with Crippen molar-refractivity contribution in [3.05, 3.63) is 35.4 Å². The van der Waals surface area contributed by atoms with Gasteiger partial charge in [-0.15, -0.1) is 0 Å². The van der Waals surface area contributed by atoms with Crippen LogP contribution in [0.5, 0.6) is 0 Å². The first kappa shape index (κ1) is 16.9. The van der Waals surface area contributed by atoms with Crippen LogP contribution < -0.4 is 10.9 Å². The molecule has 24 heavy (non-hydrogen) atoms. The van der Waals surface area contributed by atoms with Gasteiger partial charge in [0.1, 0.15) is 6.04 Å². The van der Waals surface area contributed by atoms with Crippen molar-refractivity contribution in [3.8, 4) is 0 Å². The number of nitrogens with zero attached hydrogens (tertiary/aromatic N) is 1. The van der Waals surface area contributed by atoms with Crippen molar-refractivity contribution >= 4 is 11.9 Å². The summed E-state index contributed by atoms with van der Waals surface area (Å²) in [6.45, 7) is 3.64. The fraction of sp³-hybridized carbons (Fsp3) is 0.556. The van der Waals surface area contributed by atoms with E-state index in [1.54, 1.807) is 18.2 Å². The topological polar surface area (TPSA) is 81.7 Å². The summed E-state index contributed by atoms with van der Waals surface area (Å²) < 4.78 is 0. The van der Waals surface area contributed by atoms with E-state index in [1.165, 1.54) is 0 Å². The molecule has 3 N–H and O–H groups in total. The summed E-state index contributed by atoms with van der Waals surface area (Å²) in [5.74, 6) is -0.186. The Kier molecular flexibility index (Phi) is 5.16. The largest absolute Gasteiger partial charge is 0.478 e. The van der Waals surface area contributed by atoms with Gasteiger partial charge in [-0.3, -0.25) is 10.2 Å². The van der Waals surface area contributed by atoms with Gasteiger partial charge in [0.25, 0.3) is 0 Å². The first-order valence-electron chi connectivity index (χ1n) is 8.65. The number of nitrogens with one attached hydrogen (secondary N) is 2. The van der Waals surface area contributed by atoms with Gasteiger partial charge in [0, 0.05) is 19.1 Å². The van der Waals surface area contributed by atoms with Gasteiger partial charge in [-0.05, 0) is 56.2 Å². The quantitative estimate of drug-likeness (QED) is 0.777. The second-order valence-electron chi connectivity index (χ2n) is 6.96. The number of carboxylic acids is 1. The van der Waals surface area contributed by atoms with Crippen LogP contribution >= 0.6 is 0 Å². The summed E-state index contributed by atoms with van der Waals surface area (Å²) in [4.78, 5) is 25.5. The summed E-state index contributed by atoms with van der Waals surface area (Å²) in [6, 6.07) is 7.39. The fourth-order valence-electron chi connectivity index (χ4n) is 3.62.